The van der Waals surface area contributed by atoms with E-state index in [-0.39, 0.29) is 19.6 Å². The van der Waals surface area contributed by atoms with Gasteiger partial charge in [-0.2, -0.15) is 0 Å². The lowest BCUT2D eigenvalue weighted by Crippen LogP contribution is -2.44. The van der Waals surface area contributed by atoms with Crippen molar-refractivity contribution in [3.63, 3.8) is 0 Å². The molecular weight excluding hydrogens is 286 g/mol. The number of carbonyl (C=O) groups excluding carboxylic acids is 2. The molecule has 8 heteroatoms. The van der Waals surface area contributed by atoms with Crippen molar-refractivity contribution < 1.29 is 27.8 Å². The van der Waals surface area contributed by atoms with Gasteiger partial charge in [-0.1, -0.05) is 0 Å². The summed E-state index contributed by atoms with van der Waals surface area (Å²) < 4.78 is 30.4. The van der Waals surface area contributed by atoms with E-state index in [1.54, 1.807) is 27.7 Å². The quantitative estimate of drug-likeness (QED) is 0.621. The summed E-state index contributed by atoms with van der Waals surface area (Å²) in [5.74, 6) is -0.577. The lowest BCUT2D eigenvalue weighted by Gasteiger charge is -2.27. The van der Waals surface area contributed by atoms with Crippen LogP contribution >= 0.6 is 0 Å². The Morgan fingerprint density at radius 2 is 2.00 bits per heavy atom. The molecule has 0 aromatic carbocycles. The van der Waals surface area contributed by atoms with Gasteiger partial charge in [-0.05, 0) is 34.1 Å². The highest BCUT2D eigenvalue weighted by Gasteiger charge is 2.44. The van der Waals surface area contributed by atoms with Crippen LogP contribution in [0.25, 0.3) is 0 Å². The first-order chi connectivity index (χ1) is 9.15. The predicted molar refractivity (Wildman–Crippen MR) is 72.5 cm³/mol. The van der Waals surface area contributed by atoms with Crippen molar-refractivity contribution >= 4 is 23.1 Å². The Morgan fingerprint density at radius 3 is 2.45 bits per heavy atom. The molecule has 1 amide bonds. The number of ether oxygens (including phenoxy) is 2. The summed E-state index contributed by atoms with van der Waals surface area (Å²) in [5, 5.41) is -0.670. The fourth-order valence-corrected chi connectivity index (χ4v) is 2.56. The van der Waals surface area contributed by atoms with Crippen molar-refractivity contribution in [1.82, 2.24) is 4.90 Å². The van der Waals surface area contributed by atoms with Gasteiger partial charge in [0.25, 0.3) is 0 Å². The summed E-state index contributed by atoms with van der Waals surface area (Å²) in [4.78, 5) is 25.1. The molecule has 1 fully saturated rings. The Bertz CT molecular complexity index is 405. The topological polar surface area (TPSA) is 93.1 Å². The van der Waals surface area contributed by atoms with Gasteiger partial charge in [-0.25, -0.2) is 13.8 Å². The van der Waals surface area contributed by atoms with E-state index in [9.17, 15) is 13.8 Å². The summed E-state index contributed by atoms with van der Waals surface area (Å²) in [7, 11) is 0. The van der Waals surface area contributed by atoms with Crippen LogP contribution in [0, 0.1) is 0 Å². The van der Waals surface area contributed by atoms with Crippen molar-refractivity contribution in [1.29, 1.82) is 0 Å². The fraction of sp³-hybridized carbons (Fsp3) is 0.833. The average molecular weight is 307 g/mol. The Morgan fingerprint density at radius 1 is 1.40 bits per heavy atom. The first-order valence-electron chi connectivity index (χ1n) is 6.41. The molecule has 0 radical (unpaired) electrons. The molecule has 116 valence electrons. The van der Waals surface area contributed by atoms with Crippen molar-refractivity contribution in [2.45, 2.75) is 51.0 Å². The third kappa shape index (κ3) is 4.45. The minimum Gasteiger partial charge on any atom is -0.464 e. The van der Waals surface area contributed by atoms with Gasteiger partial charge in [-0.15, -0.1) is 0 Å². The highest BCUT2D eigenvalue weighted by molar-refractivity contribution is 7.79. The van der Waals surface area contributed by atoms with E-state index in [0.29, 0.717) is 0 Å². The minimum atomic E-state index is -2.10. The molecule has 1 unspecified atom stereocenters. The lowest BCUT2D eigenvalue weighted by molar-refractivity contribution is -0.148. The molecule has 1 saturated heterocycles. The maximum absolute atomic E-state index is 12.1. The molecule has 0 spiro atoms. The van der Waals surface area contributed by atoms with Gasteiger partial charge in [-0.3, -0.25) is 4.90 Å². The summed E-state index contributed by atoms with van der Waals surface area (Å²) in [6, 6.07) is -0.870. The zero-order chi connectivity index (χ0) is 15.5. The van der Waals surface area contributed by atoms with Crippen LogP contribution in [0.4, 0.5) is 4.79 Å². The van der Waals surface area contributed by atoms with E-state index in [2.05, 4.69) is 0 Å². The van der Waals surface area contributed by atoms with Gasteiger partial charge in [0.15, 0.2) is 11.1 Å². The monoisotopic (exact) mass is 307 g/mol. The molecule has 20 heavy (non-hydrogen) atoms. The molecule has 3 atom stereocenters. The minimum absolute atomic E-state index is 0.00149. The summed E-state index contributed by atoms with van der Waals surface area (Å²) in [5.41, 5.74) is -0.702. The maximum atomic E-state index is 12.1. The molecule has 7 nitrogen and oxygen atoms in total. The fourth-order valence-electron chi connectivity index (χ4n) is 1.93. The smallest absolute Gasteiger partial charge is 0.411 e. The molecule has 0 bridgehead atoms. The van der Waals surface area contributed by atoms with Gasteiger partial charge in [0.2, 0.25) is 0 Å². The van der Waals surface area contributed by atoms with E-state index in [1.807, 2.05) is 0 Å². The average Bonchev–Trinajstić information content (AvgIpc) is 2.71. The van der Waals surface area contributed by atoms with E-state index >= 15 is 0 Å². The van der Waals surface area contributed by atoms with E-state index in [4.69, 9.17) is 14.0 Å². The lowest BCUT2D eigenvalue weighted by atomic mass is 10.2. The molecule has 1 rings (SSSR count). The SMILES string of the molecule is CCOC(=O)[C@@H]1C[C@@H](S(=O)O)CN1C(=O)OC(C)(C)C. The normalized spacial score (nSPS) is 24.4. The van der Waals surface area contributed by atoms with Gasteiger partial charge in [0.05, 0.1) is 11.9 Å². The van der Waals surface area contributed by atoms with Crippen molar-refractivity contribution in [3.05, 3.63) is 0 Å². The second-order valence-corrected chi connectivity index (χ2v) is 6.75. The molecule has 1 aliphatic rings. The number of likely N-dealkylation sites (tertiary alicyclic amines) is 1. The van der Waals surface area contributed by atoms with Crippen molar-refractivity contribution in [2.75, 3.05) is 13.2 Å². The van der Waals surface area contributed by atoms with Gasteiger partial charge in [0.1, 0.15) is 11.6 Å². The van der Waals surface area contributed by atoms with Crippen LogP contribution in [0.2, 0.25) is 0 Å². The van der Waals surface area contributed by atoms with Crippen LogP contribution in [-0.4, -0.2) is 55.8 Å². The summed E-state index contributed by atoms with van der Waals surface area (Å²) in [6.45, 7) is 6.98. The number of esters is 1. The van der Waals surface area contributed by atoms with E-state index in [0.717, 1.165) is 0 Å². The van der Waals surface area contributed by atoms with Crippen LogP contribution in [0.15, 0.2) is 0 Å². The van der Waals surface area contributed by atoms with Crippen molar-refractivity contribution in [2.24, 2.45) is 0 Å². The van der Waals surface area contributed by atoms with Crippen LogP contribution in [0.5, 0.6) is 0 Å². The Balaban J connectivity index is 2.85. The summed E-state index contributed by atoms with van der Waals surface area (Å²) >= 11 is -2.10. The Labute approximate surface area is 120 Å². The predicted octanol–water partition coefficient (Wildman–Crippen LogP) is 1.15. The third-order valence-corrected chi connectivity index (χ3v) is 3.65. The maximum Gasteiger partial charge on any atom is 0.411 e. The number of rotatable bonds is 3. The van der Waals surface area contributed by atoms with Crippen LogP contribution in [-0.2, 0) is 25.3 Å². The first kappa shape index (κ1) is 16.9. The molecule has 1 aliphatic heterocycles. The summed E-state index contributed by atoms with van der Waals surface area (Å²) in [6.07, 6.45) is -0.579. The van der Waals surface area contributed by atoms with Gasteiger partial charge < -0.3 is 14.0 Å². The number of carbonyl (C=O) groups is 2. The number of hydrogen-bond acceptors (Lipinski definition) is 5. The van der Waals surface area contributed by atoms with E-state index < -0.39 is 40.0 Å². The molecule has 0 aromatic heterocycles. The third-order valence-electron chi connectivity index (χ3n) is 2.73. The second kappa shape index (κ2) is 6.53. The second-order valence-electron chi connectivity index (χ2n) is 5.53. The highest BCUT2D eigenvalue weighted by atomic mass is 32.2. The molecule has 0 aromatic rings. The van der Waals surface area contributed by atoms with Gasteiger partial charge >= 0.3 is 12.1 Å². The molecule has 1 N–H and O–H groups in total. The zero-order valence-electron chi connectivity index (χ0n) is 12.1. The van der Waals surface area contributed by atoms with Crippen LogP contribution in [0.1, 0.15) is 34.1 Å². The van der Waals surface area contributed by atoms with E-state index in [1.165, 1.54) is 4.90 Å². The van der Waals surface area contributed by atoms with Crippen molar-refractivity contribution in [3.8, 4) is 0 Å². The molecule has 1 heterocycles. The Kier molecular flexibility index (Phi) is 5.52. The molecular formula is C12H21NO6S. The zero-order valence-corrected chi connectivity index (χ0v) is 12.9. The van der Waals surface area contributed by atoms with Crippen LogP contribution in [0.3, 0.4) is 0 Å². The number of nitrogens with zero attached hydrogens (tertiary/aromatic N) is 1. The number of hydrogen-bond donors (Lipinski definition) is 1. The first-order valence-corrected chi connectivity index (χ1v) is 7.58. The largest absolute Gasteiger partial charge is 0.464 e. The standard InChI is InChI=1S/C12H21NO6S/c1-5-18-10(14)9-6-8(20(16)17)7-13(9)11(15)19-12(2,3)4/h8-9H,5-7H2,1-4H3,(H,16,17)/t8-,9+/m1/s1. The Hall–Kier alpha value is -1.15. The number of amides is 1. The molecule has 0 aliphatic carbocycles. The molecule has 0 saturated carbocycles. The van der Waals surface area contributed by atoms with Crippen LogP contribution < -0.4 is 0 Å². The highest BCUT2D eigenvalue weighted by Crippen LogP contribution is 2.24. The van der Waals surface area contributed by atoms with Gasteiger partial charge in [0, 0.05) is 6.54 Å².